The van der Waals surface area contributed by atoms with Gasteiger partial charge in [-0.25, -0.2) is 0 Å². The summed E-state index contributed by atoms with van der Waals surface area (Å²) in [5, 5.41) is 13.7. The number of hydrogen-bond acceptors (Lipinski definition) is 5. The van der Waals surface area contributed by atoms with Gasteiger partial charge in [0.25, 0.3) is 5.91 Å². The Hall–Kier alpha value is -3.19. The van der Waals surface area contributed by atoms with Crippen LogP contribution in [-0.2, 0) is 13.0 Å². The highest BCUT2D eigenvalue weighted by Gasteiger charge is 2.24. The molecule has 4 rings (SSSR count). The molecule has 7 heteroatoms. The van der Waals surface area contributed by atoms with Crippen molar-refractivity contribution in [1.29, 1.82) is 0 Å². The third-order valence-corrected chi connectivity index (χ3v) is 5.38. The minimum absolute atomic E-state index is 0.0340. The number of carbonyl (C=O) groups excluding carboxylic acids is 1. The average Bonchev–Trinajstić information content (AvgIpc) is 3.02. The third-order valence-electron chi connectivity index (χ3n) is 5.38. The van der Waals surface area contributed by atoms with E-state index in [1.54, 1.807) is 19.0 Å². The van der Waals surface area contributed by atoms with Crippen LogP contribution in [0.4, 0.5) is 5.69 Å². The Balaban J connectivity index is 1.91. The van der Waals surface area contributed by atoms with E-state index >= 15 is 0 Å². The van der Waals surface area contributed by atoms with Gasteiger partial charge in [0.05, 0.1) is 5.52 Å². The summed E-state index contributed by atoms with van der Waals surface area (Å²) < 4.78 is 0. The molecule has 2 N–H and O–H groups in total. The molecule has 0 saturated carbocycles. The van der Waals surface area contributed by atoms with Crippen LogP contribution < -0.4 is 0 Å². The van der Waals surface area contributed by atoms with Crippen molar-refractivity contribution in [3.05, 3.63) is 51.9 Å². The second-order valence-corrected chi connectivity index (χ2v) is 7.48. The molecule has 0 spiro atoms. The van der Waals surface area contributed by atoms with Crippen molar-refractivity contribution in [2.24, 2.45) is 5.18 Å². The highest BCUT2D eigenvalue weighted by Crippen LogP contribution is 2.42. The summed E-state index contributed by atoms with van der Waals surface area (Å²) >= 11 is 0. The van der Waals surface area contributed by atoms with Gasteiger partial charge in [-0.1, -0.05) is 12.1 Å². The number of aromatic amines is 1. The number of likely N-dealkylation sites (N-methyl/N-ethyl adjacent to an activating group) is 1. The van der Waals surface area contributed by atoms with Gasteiger partial charge in [0.1, 0.15) is 0 Å². The van der Waals surface area contributed by atoms with Crippen molar-refractivity contribution < 1.29 is 9.90 Å². The number of hydrogen-bond donors (Lipinski definition) is 2. The molecule has 0 saturated heterocycles. The number of nitrogens with one attached hydrogen (secondary N) is 1. The van der Waals surface area contributed by atoms with Gasteiger partial charge < -0.3 is 19.9 Å². The van der Waals surface area contributed by atoms with Gasteiger partial charge in [-0.05, 0) is 59.1 Å². The SMILES string of the molecule is CN1CCc2c(-c3ccc(C(=O)N(C)C)cc3)cc3c(N=O)c(O)[nH]c3c2C1. The lowest BCUT2D eigenvalue weighted by atomic mass is 9.88. The standard InChI is InChI=1S/C21H22N4O3/c1-24(2)21(27)13-6-4-12(5-7-13)15-10-16-18(22-20(26)19(16)23-28)17-11-25(3)9-8-14(15)17/h4-7,10,22,26H,8-9,11H2,1-3H3. The first-order chi connectivity index (χ1) is 13.4. The van der Waals surface area contributed by atoms with E-state index < -0.39 is 0 Å². The number of nitroso groups, excluding NO2 is 1. The molecule has 0 radical (unpaired) electrons. The van der Waals surface area contributed by atoms with E-state index in [2.05, 4.69) is 15.1 Å². The molecular formula is C21H22N4O3. The number of benzene rings is 2. The van der Waals surface area contributed by atoms with Crippen LogP contribution in [0.3, 0.4) is 0 Å². The first-order valence-electron chi connectivity index (χ1n) is 9.14. The van der Waals surface area contributed by atoms with E-state index in [1.165, 1.54) is 5.56 Å². The fraction of sp³-hybridized carbons (Fsp3) is 0.286. The summed E-state index contributed by atoms with van der Waals surface area (Å²) in [6.07, 6.45) is 0.860. The second-order valence-electron chi connectivity index (χ2n) is 7.48. The van der Waals surface area contributed by atoms with Crippen molar-refractivity contribution in [2.75, 3.05) is 27.7 Å². The monoisotopic (exact) mass is 378 g/mol. The zero-order valence-electron chi connectivity index (χ0n) is 16.1. The summed E-state index contributed by atoms with van der Waals surface area (Å²) in [7, 11) is 5.50. The van der Waals surface area contributed by atoms with Crippen LogP contribution >= 0.6 is 0 Å². The minimum Gasteiger partial charge on any atom is -0.493 e. The van der Waals surface area contributed by atoms with E-state index in [1.807, 2.05) is 37.4 Å². The molecule has 0 fully saturated rings. The Kier molecular flexibility index (Phi) is 4.39. The summed E-state index contributed by atoms with van der Waals surface area (Å²) in [6, 6.07) is 9.40. The molecule has 2 heterocycles. The molecule has 7 nitrogen and oxygen atoms in total. The average molecular weight is 378 g/mol. The van der Waals surface area contributed by atoms with E-state index in [4.69, 9.17) is 0 Å². The van der Waals surface area contributed by atoms with Gasteiger partial charge in [-0.2, -0.15) is 0 Å². The molecular weight excluding hydrogens is 356 g/mol. The molecule has 1 aliphatic rings. The molecule has 1 amide bonds. The van der Waals surface area contributed by atoms with Gasteiger partial charge in [0.15, 0.2) is 5.69 Å². The first-order valence-corrected chi connectivity index (χ1v) is 9.14. The number of rotatable bonds is 3. The molecule has 28 heavy (non-hydrogen) atoms. The molecule has 0 aliphatic carbocycles. The van der Waals surface area contributed by atoms with Gasteiger partial charge >= 0.3 is 0 Å². The van der Waals surface area contributed by atoms with Crippen molar-refractivity contribution >= 4 is 22.5 Å². The molecule has 3 aromatic rings. The van der Waals surface area contributed by atoms with Gasteiger partial charge in [-0.15, -0.1) is 4.91 Å². The van der Waals surface area contributed by atoms with Crippen molar-refractivity contribution in [2.45, 2.75) is 13.0 Å². The predicted molar refractivity (Wildman–Crippen MR) is 109 cm³/mol. The van der Waals surface area contributed by atoms with Crippen LogP contribution in [0.2, 0.25) is 0 Å². The highest BCUT2D eigenvalue weighted by atomic mass is 16.3. The number of carbonyl (C=O) groups is 1. The Morgan fingerprint density at radius 3 is 2.57 bits per heavy atom. The number of amides is 1. The topological polar surface area (TPSA) is 89.0 Å². The van der Waals surface area contributed by atoms with Crippen LogP contribution in [0.15, 0.2) is 35.5 Å². The zero-order valence-corrected chi connectivity index (χ0v) is 16.1. The van der Waals surface area contributed by atoms with E-state index in [0.717, 1.165) is 41.7 Å². The van der Waals surface area contributed by atoms with Crippen molar-refractivity contribution in [3.63, 3.8) is 0 Å². The summed E-state index contributed by atoms with van der Waals surface area (Å²) in [6.45, 7) is 1.64. The molecule has 0 atom stereocenters. The number of H-pyrrole nitrogens is 1. The maximum Gasteiger partial charge on any atom is 0.253 e. The Morgan fingerprint density at radius 2 is 1.93 bits per heavy atom. The fourth-order valence-corrected chi connectivity index (χ4v) is 3.93. The van der Waals surface area contributed by atoms with Crippen molar-refractivity contribution in [1.82, 2.24) is 14.8 Å². The lowest BCUT2D eigenvalue weighted by molar-refractivity contribution is 0.0827. The molecule has 0 unspecified atom stereocenters. The third kappa shape index (κ3) is 2.84. The Labute approximate surface area is 162 Å². The number of aromatic nitrogens is 1. The Bertz CT molecular complexity index is 1080. The number of fused-ring (bicyclic) bond motifs is 3. The number of aromatic hydroxyl groups is 1. The molecule has 144 valence electrons. The summed E-state index contributed by atoms with van der Waals surface area (Å²) in [4.78, 5) is 30.1. The van der Waals surface area contributed by atoms with E-state index in [-0.39, 0.29) is 17.5 Å². The maximum absolute atomic E-state index is 12.2. The molecule has 2 aromatic carbocycles. The molecule has 1 aromatic heterocycles. The van der Waals surface area contributed by atoms with Crippen LogP contribution in [0.25, 0.3) is 22.0 Å². The predicted octanol–water partition coefficient (Wildman–Crippen LogP) is 3.63. The van der Waals surface area contributed by atoms with Crippen LogP contribution in [-0.4, -0.2) is 53.5 Å². The quantitative estimate of drug-likeness (QED) is 0.681. The van der Waals surface area contributed by atoms with Gasteiger partial charge in [-0.3, -0.25) is 4.79 Å². The van der Waals surface area contributed by atoms with Crippen molar-refractivity contribution in [3.8, 4) is 17.0 Å². The maximum atomic E-state index is 12.2. The molecule has 1 aliphatic heterocycles. The van der Waals surface area contributed by atoms with Gasteiger partial charge in [0.2, 0.25) is 5.88 Å². The summed E-state index contributed by atoms with van der Waals surface area (Å²) in [5.74, 6) is -0.252. The highest BCUT2D eigenvalue weighted by molar-refractivity contribution is 6.00. The zero-order chi connectivity index (χ0) is 20.0. The minimum atomic E-state index is -0.204. The van der Waals surface area contributed by atoms with E-state index in [9.17, 15) is 14.8 Å². The van der Waals surface area contributed by atoms with Crippen LogP contribution in [0.5, 0.6) is 5.88 Å². The molecule has 0 bridgehead atoms. The first kappa shape index (κ1) is 18.2. The van der Waals surface area contributed by atoms with Gasteiger partial charge in [0, 0.05) is 38.1 Å². The largest absolute Gasteiger partial charge is 0.493 e. The normalized spacial score (nSPS) is 14.1. The lowest BCUT2D eigenvalue weighted by Crippen LogP contribution is -2.27. The second kappa shape index (κ2) is 6.76. The lowest BCUT2D eigenvalue weighted by Gasteiger charge is -2.27. The Morgan fingerprint density at radius 1 is 1.21 bits per heavy atom. The fourth-order valence-electron chi connectivity index (χ4n) is 3.93. The van der Waals surface area contributed by atoms with Crippen LogP contribution in [0, 0.1) is 4.91 Å². The summed E-state index contributed by atoms with van der Waals surface area (Å²) in [5.41, 5.74) is 5.65. The van der Waals surface area contributed by atoms with Crippen LogP contribution in [0.1, 0.15) is 21.5 Å². The van der Waals surface area contributed by atoms with E-state index in [0.29, 0.717) is 10.9 Å². The number of nitrogens with zero attached hydrogens (tertiary/aromatic N) is 3. The smallest absolute Gasteiger partial charge is 0.253 e.